The van der Waals surface area contributed by atoms with Crippen LogP contribution >= 0.6 is 0 Å². The molecule has 1 aliphatic heterocycles. The molecule has 2 heterocycles. The number of para-hydroxylation sites is 1. The van der Waals surface area contributed by atoms with Crippen LogP contribution in [0, 0.1) is 0 Å². The summed E-state index contributed by atoms with van der Waals surface area (Å²) >= 11 is 0. The van der Waals surface area contributed by atoms with Gasteiger partial charge in [0.25, 0.3) is 5.91 Å². The number of rotatable bonds is 4. The fraction of sp³-hybridized carbons (Fsp3) is 0.136. The molecule has 4 rings (SSSR count). The summed E-state index contributed by atoms with van der Waals surface area (Å²) in [5.74, 6) is -0.502. The number of hydrogen-bond acceptors (Lipinski definition) is 5. The van der Waals surface area contributed by atoms with Gasteiger partial charge in [0, 0.05) is 17.9 Å². The minimum atomic E-state index is -0.395. The van der Waals surface area contributed by atoms with E-state index in [0.717, 1.165) is 23.5 Å². The lowest BCUT2D eigenvalue weighted by Gasteiger charge is -2.17. The lowest BCUT2D eigenvalue weighted by Crippen LogP contribution is -2.29. The second-order valence-electron chi connectivity index (χ2n) is 6.47. The van der Waals surface area contributed by atoms with Crippen molar-refractivity contribution in [2.75, 3.05) is 23.9 Å². The number of benzene rings is 2. The van der Waals surface area contributed by atoms with E-state index in [4.69, 9.17) is 4.74 Å². The van der Waals surface area contributed by atoms with Crippen LogP contribution in [-0.4, -0.2) is 30.5 Å². The van der Waals surface area contributed by atoms with E-state index in [9.17, 15) is 9.59 Å². The molecule has 140 valence electrons. The molecule has 0 unspecified atom stereocenters. The molecule has 6 nitrogen and oxygen atoms in total. The Morgan fingerprint density at radius 1 is 1.04 bits per heavy atom. The van der Waals surface area contributed by atoms with Crippen molar-refractivity contribution >= 4 is 28.9 Å². The molecule has 1 amide bonds. The maximum Gasteiger partial charge on any atom is 0.337 e. The van der Waals surface area contributed by atoms with Gasteiger partial charge in [-0.3, -0.25) is 4.79 Å². The van der Waals surface area contributed by atoms with Crippen molar-refractivity contribution < 1.29 is 14.3 Å². The van der Waals surface area contributed by atoms with Gasteiger partial charge in [0.15, 0.2) is 0 Å². The van der Waals surface area contributed by atoms with Gasteiger partial charge in [0.1, 0.15) is 5.69 Å². The number of esters is 1. The van der Waals surface area contributed by atoms with Crippen molar-refractivity contribution in [3.63, 3.8) is 0 Å². The van der Waals surface area contributed by atoms with E-state index in [1.54, 1.807) is 41.4 Å². The smallest absolute Gasteiger partial charge is 0.337 e. The molecule has 6 heteroatoms. The number of fused-ring (bicyclic) bond motifs is 1. The van der Waals surface area contributed by atoms with Crippen molar-refractivity contribution in [1.29, 1.82) is 0 Å². The Morgan fingerprint density at radius 2 is 1.89 bits per heavy atom. The summed E-state index contributed by atoms with van der Waals surface area (Å²) in [5, 5.41) is 3.18. The van der Waals surface area contributed by atoms with Gasteiger partial charge in [0.2, 0.25) is 0 Å². The molecule has 1 N–H and O–H groups in total. The summed E-state index contributed by atoms with van der Waals surface area (Å²) < 4.78 is 4.74. The number of pyridine rings is 1. The zero-order valence-electron chi connectivity index (χ0n) is 15.4. The average molecular weight is 373 g/mol. The predicted molar refractivity (Wildman–Crippen MR) is 107 cm³/mol. The zero-order valence-corrected chi connectivity index (χ0v) is 15.4. The quantitative estimate of drug-likeness (QED) is 0.704. The van der Waals surface area contributed by atoms with Crippen LogP contribution in [0.25, 0.3) is 0 Å². The zero-order chi connectivity index (χ0) is 19.5. The summed E-state index contributed by atoms with van der Waals surface area (Å²) in [4.78, 5) is 30.6. The van der Waals surface area contributed by atoms with Gasteiger partial charge >= 0.3 is 5.97 Å². The lowest BCUT2D eigenvalue weighted by molar-refractivity contribution is 0.0600. The van der Waals surface area contributed by atoms with Crippen LogP contribution in [-0.2, 0) is 11.2 Å². The first kappa shape index (κ1) is 17.7. The summed E-state index contributed by atoms with van der Waals surface area (Å²) in [6.45, 7) is 0.667. The number of nitrogens with zero attached hydrogens (tertiary/aromatic N) is 2. The van der Waals surface area contributed by atoms with E-state index in [2.05, 4.69) is 10.3 Å². The van der Waals surface area contributed by atoms with Crippen LogP contribution in [0.2, 0.25) is 0 Å². The van der Waals surface area contributed by atoms with Crippen molar-refractivity contribution in [1.82, 2.24) is 4.98 Å². The largest absolute Gasteiger partial charge is 0.465 e. The first-order chi connectivity index (χ1) is 13.7. The van der Waals surface area contributed by atoms with Crippen LogP contribution in [0.5, 0.6) is 0 Å². The number of carbonyl (C=O) groups is 2. The minimum Gasteiger partial charge on any atom is -0.465 e. The molecule has 0 aliphatic carbocycles. The maximum atomic E-state index is 12.8. The third-order valence-corrected chi connectivity index (χ3v) is 4.69. The number of ether oxygens (including phenoxy) is 1. The molecule has 2 aromatic carbocycles. The third-order valence-electron chi connectivity index (χ3n) is 4.69. The summed E-state index contributed by atoms with van der Waals surface area (Å²) in [6.07, 6.45) is 2.47. The number of aromatic nitrogens is 1. The molecule has 0 saturated carbocycles. The first-order valence-corrected chi connectivity index (χ1v) is 8.97. The Morgan fingerprint density at radius 3 is 2.68 bits per heavy atom. The van der Waals surface area contributed by atoms with E-state index in [1.165, 1.54) is 12.7 Å². The van der Waals surface area contributed by atoms with Gasteiger partial charge in [-0.15, -0.1) is 0 Å². The van der Waals surface area contributed by atoms with Crippen molar-refractivity contribution in [3.05, 3.63) is 83.7 Å². The molecular weight excluding hydrogens is 354 g/mol. The number of methoxy groups -OCH3 is 1. The van der Waals surface area contributed by atoms with E-state index in [-0.39, 0.29) is 5.91 Å². The number of hydrogen-bond donors (Lipinski definition) is 1. The Bertz CT molecular complexity index is 1030. The van der Waals surface area contributed by atoms with E-state index >= 15 is 0 Å². The van der Waals surface area contributed by atoms with Gasteiger partial charge in [-0.1, -0.05) is 24.3 Å². The highest BCUT2D eigenvalue weighted by Crippen LogP contribution is 2.28. The maximum absolute atomic E-state index is 12.8. The molecule has 0 spiro atoms. The fourth-order valence-electron chi connectivity index (χ4n) is 3.29. The monoisotopic (exact) mass is 373 g/mol. The third kappa shape index (κ3) is 3.44. The molecule has 0 fully saturated rings. The van der Waals surface area contributed by atoms with Crippen molar-refractivity contribution in [2.45, 2.75) is 6.42 Å². The Balaban J connectivity index is 1.49. The molecular formula is C22H19N3O3. The molecule has 28 heavy (non-hydrogen) atoms. The summed E-state index contributed by atoms with van der Waals surface area (Å²) in [6, 6.07) is 18.4. The average Bonchev–Trinajstić information content (AvgIpc) is 3.17. The van der Waals surface area contributed by atoms with Crippen LogP contribution in [0.15, 0.2) is 66.9 Å². The highest BCUT2D eigenvalue weighted by atomic mass is 16.5. The van der Waals surface area contributed by atoms with E-state index in [0.29, 0.717) is 17.8 Å². The normalized spacial score (nSPS) is 12.4. The van der Waals surface area contributed by atoms with E-state index in [1.807, 2.05) is 30.3 Å². The standard InChI is InChI=1S/C22H19N3O3/c1-28-22(27)16-6-4-7-17(13-16)24-18-9-10-19(23-14-18)21(26)25-12-11-15-5-2-3-8-20(15)25/h2-10,13-14,24H,11-12H2,1H3. The predicted octanol–water partition coefficient (Wildman–Crippen LogP) is 3.81. The molecule has 0 bridgehead atoms. The molecule has 1 aliphatic rings. The fourth-order valence-corrected chi connectivity index (χ4v) is 3.29. The summed E-state index contributed by atoms with van der Waals surface area (Å²) in [7, 11) is 1.35. The molecule has 0 atom stereocenters. The minimum absolute atomic E-state index is 0.107. The van der Waals surface area contributed by atoms with Crippen LogP contribution in [0.1, 0.15) is 26.4 Å². The number of anilines is 3. The van der Waals surface area contributed by atoms with Gasteiger partial charge in [-0.2, -0.15) is 0 Å². The summed E-state index contributed by atoms with van der Waals surface area (Å²) in [5.41, 5.74) is 4.44. The Labute approximate surface area is 162 Å². The number of carbonyl (C=O) groups excluding carboxylic acids is 2. The molecule has 1 aromatic heterocycles. The van der Waals surface area contributed by atoms with Crippen molar-refractivity contribution in [3.8, 4) is 0 Å². The van der Waals surface area contributed by atoms with Crippen LogP contribution in [0.3, 0.4) is 0 Å². The van der Waals surface area contributed by atoms with Gasteiger partial charge in [-0.25, -0.2) is 9.78 Å². The Hall–Kier alpha value is -3.67. The van der Waals surface area contributed by atoms with Gasteiger partial charge in [0.05, 0.1) is 24.6 Å². The van der Waals surface area contributed by atoms with Gasteiger partial charge < -0.3 is 15.0 Å². The SMILES string of the molecule is COC(=O)c1cccc(Nc2ccc(C(=O)N3CCc4ccccc43)nc2)c1. The van der Waals surface area contributed by atoms with Gasteiger partial charge in [-0.05, 0) is 48.4 Å². The first-order valence-electron chi connectivity index (χ1n) is 8.97. The molecule has 0 radical (unpaired) electrons. The molecule has 0 saturated heterocycles. The second-order valence-corrected chi connectivity index (χ2v) is 6.47. The molecule has 3 aromatic rings. The second kappa shape index (κ2) is 7.52. The highest BCUT2D eigenvalue weighted by Gasteiger charge is 2.25. The topological polar surface area (TPSA) is 71.5 Å². The Kier molecular flexibility index (Phi) is 4.76. The number of amides is 1. The van der Waals surface area contributed by atoms with E-state index < -0.39 is 5.97 Å². The van der Waals surface area contributed by atoms with Crippen molar-refractivity contribution in [2.24, 2.45) is 0 Å². The number of nitrogens with one attached hydrogen (secondary N) is 1. The lowest BCUT2D eigenvalue weighted by atomic mass is 10.2. The van der Waals surface area contributed by atoms with Crippen LogP contribution in [0.4, 0.5) is 17.1 Å². The van der Waals surface area contributed by atoms with Crippen LogP contribution < -0.4 is 10.2 Å². The highest BCUT2D eigenvalue weighted by molar-refractivity contribution is 6.06.